The maximum absolute atomic E-state index is 13.5. The molecule has 4 aromatic rings. The van der Waals surface area contributed by atoms with Gasteiger partial charge in [-0.2, -0.15) is 0 Å². The van der Waals surface area contributed by atoms with E-state index in [4.69, 9.17) is 10.1 Å². The van der Waals surface area contributed by atoms with Gasteiger partial charge in [-0.05, 0) is 74.0 Å². The van der Waals surface area contributed by atoms with Crippen LogP contribution in [0.1, 0.15) is 28.5 Å². The van der Waals surface area contributed by atoms with Crippen molar-refractivity contribution >= 4 is 23.4 Å². The number of aromatic nitrogens is 4. The lowest BCUT2D eigenvalue weighted by Gasteiger charge is -2.20. The van der Waals surface area contributed by atoms with Crippen molar-refractivity contribution in [1.29, 1.82) is 5.41 Å². The number of carbonyl (C=O) groups excluding carboxylic acids is 1. The van der Waals surface area contributed by atoms with Crippen LogP contribution in [-0.4, -0.2) is 30.8 Å². The van der Waals surface area contributed by atoms with E-state index >= 15 is 0 Å². The molecule has 2 aromatic heterocycles. The van der Waals surface area contributed by atoms with Crippen LogP contribution in [0, 0.1) is 18.2 Å². The molecule has 5 rings (SSSR count). The maximum Gasteiger partial charge on any atom is 0.335 e. The highest BCUT2D eigenvalue weighted by Gasteiger charge is 2.20. The largest absolute Gasteiger partial charge is 0.455 e. The number of carbonyl (C=O) groups is 1. The minimum absolute atomic E-state index is 0.148. The van der Waals surface area contributed by atoms with E-state index in [9.17, 15) is 18.8 Å². The summed E-state index contributed by atoms with van der Waals surface area (Å²) in [7, 11) is 1.88. The van der Waals surface area contributed by atoms with Gasteiger partial charge in [-0.1, -0.05) is 0 Å². The fourth-order valence-electron chi connectivity index (χ4n) is 4.46. The minimum atomic E-state index is -0.825. The molecule has 218 valence electrons. The highest BCUT2D eigenvalue weighted by atomic mass is 19.1. The number of nitrogens with one attached hydrogen (secondary N) is 3. The summed E-state index contributed by atoms with van der Waals surface area (Å²) < 4.78 is 23.6. The molecule has 0 unspecified atom stereocenters. The van der Waals surface area contributed by atoms with E-state index in [1.54, 1.807) is 50.6 Å². The summed E-state index contributed by atoms with van der Waals surface area (Å²) in [6.45, 7) is 3.72. The number of hydrogen-bond acceptors (Lipinski definition) is 7. The molecule has 12 heteroatoms. The smallest absolute Gasteiger partial charge is 0.335 e. The Morgan fingerprint density at radius 1 is 1.16 bits per heavy atom. The number of aryl methyl sites for hydroxylation is 3. The van der Waals surface area contributed by atoms with Crippen molar-refractivity contribution in [2.24, 2.45) is 7.05 Å². The van der Waals surface area contributed by atoms with Gasteiger partial charge in [-0.25, -0.2) is 18.7 Å². The Hall–Kier alpha value is -5.78. The van der Waals surface area contributed by atoms with Crippen LogP contribution in [0.4, 0.5) is 10.1 Å². The molecular weight excluding hydrogens is 553 g/mol. The molecule has 0 radical (unpaired) electrons. The Kier molecular flexibility index (Phi) is 8.01. The summed E-state index contributed by atoms with van der Waals surface area (Å²) in [5.74, 6) is -0.263. The molecule has 2 aromatic carbocycles. The number of benzene rings is 2. The zero-order valence-corrected chi connectivity index (χ0v) is 23.6. The Labute approximate surface area is 245 Å². The first-order valence-electron chi connectivity index (χ1n) is 13.3. The monoisotopic (exact) mass is 581 g/mol. The fourth-order valence-corrected chi connectivity index (χ4v) is 4.46. The number of nitrogens with zero attached hydrogens (tertiary/aromatic N) is 4. The van der Waals surface area contributed by atoms with Crippen molar-refractivity contribution in [3.05, 3.63) is 134 Å². The molecule has 0 spiro atoms. The predicted octanol–water partition coefficient (Wildman–Crippen LogP) is 3.89. The van der Waals surface area contributed by atoms with Crippen LogP contribution in [0.25, 0.3) is 11.3 Å². The third-order valence-electron chi connectivity index (χ3n) is 6.66. The molecule has 1 aliphatic rings. The maximum atomic E-state index is 13.5. The lowest BCUT2D eigenvalue weighted by Crippen LogP contribution is -2.42. The van der Waals surface area contributed by atoms with Crippen molar-refractivity contribution in [3.63, 3.8) is 0 Å². The van der Waals surface area contributed by atoms with Crippen LogP contribution in [0.15, 0.2) is 101 Å². The minimum Gasteiger partial charge on any atom is -0.455 e. The second kappa shape index (κ2) is 12.0. The molecular formula is C31H28FN7O4. The lowest BCUT2D eigenvalue weighted by molar-refractivity contribution is 0.102. The van der Waals surface area contributed by atoms with Gasteiger partial charge in [0.1, 0.15) is 17.1 Å². The molecule has 1 amide bonds. The van der Waals surface area contributed by atoms with Crippen molar-refractivity contribution in [2.75, 3.05) is 5.32 Å². The van der Waals surface area contributed by atoms with Crippen LogP contribution in [0.3, 0.4) is 0 Å². The average Bonchev–Trinajstić information content (AvgIpc) is 3.42. The van der Waals surface area contributed by atoms with Crippen LogP contribution in [0.5, 0.6) is 5.75 Å². The first-order valence-corrected chi connectivity index (χ1v) is 13.3. The first-order chi connectivity index (χ1) is 20.7. The van der Waals surface area contributed by atoms with Gasteiger partial charge in [-0.3, -0.25) is 14.2 Å². The molecule has 0 bridgehead atoms. The molecule has 1 aliphatic heterocycles. The van der Waals surface area contributed by atoms with Crippen molar-refractivity contribution in [1.82, 2.24) is 24.0 Å². The Bertz CT molecular complexity index is 1950. The average molecular weight is 582 g/mol. The van der Waals surface area contributed by atoms with Gasteiger partial charge >= 0.3 is 5.69 Å². The predicted molar refractivity (Wildman–Crippen MR) is 161 cm³/mol. The molecule has 0 saturated heterocycles. The molecule has 0 saturated carbocycles. The van der Waals surface area contributed by atoms with Gasteiger partial charge in [0.2, 0.25) is 0 Å². The van der Waals surface area contributed by atoms with E-state index in [0.29, 0.717) is 28.5 Å². The van der Waals surface area contributed by atoms with E-state index in [1.807, 2.05) is 23.9 Å². The zero-order chi connectivity index (χ0) is 30.7. The number of imidazole rings is 1. The SMILES string of the molecule is CCn1cc(C(=O)Nc2ccc(OC3=CC(c4cn(C)cn4)=CN/C3=C\C=N)c(C)c2)c(=O)n(-c2ccc(F)cc2)c1=O. The van der Waals surface area contributed by atoms with Gasteiger partial charge in [0, 0.05) is 49.7 Å². The van der Waals surface area contributed by atoms with Crippen LogP contribution in [-0.2, 0) is 13.6 Å². The number of halogens is 1. The third kappa shape index (κ3) is 5.98. The highest BCUT2D eigenvalue weighted by molar-refractivity contribution is 6.04. The molecule has 3 N–H and O–H groups in total. The molecule has 0 fully saturated rings. The Morgan fingerprint density at radius 2 is 1.93 bits per heavy atom. The number of anilines is 1. The van der Waals surface area contributed by atoms with Gasteiger partial charge in [0.15, 0.2) is 5.76 Å². The number of ether oxygens (including phenoxy) is 1. The van der Waals surface area contributed by atoms with Gasteiger partial charge in [0.25, 0.3) is 11.5 Å². The zero-order valence-electron chi connectivity index (χ0n) is 23.6. The Balaban J connectivity index is 1.41. The standard InChI is InChI=1S/C31H28FN7O4/c1-4-38-16-24(30(41)39(31(38)42)23-8-5-21(32)6-9-23)29(40)36-22-7-10-27(19(2)13-22)43-28-14-20(15-34-25(28)11-12-33)26-17-37(3)18-35-26/h5-18,33-34H,4H2,1-3H3,(H,36,40)/b25-11-,33-12?. The molecule has 3 heterocycles. The quantitative estimate of drug-likeness (QED) is 0.270. The number of hydrogen-bond donors (Lipinski definition) is 3. The fraction of sp³-hybridized carbons (Fsp3) is 0.129. The summed E-state index contributed by atoms with van der Waals surface area (Å²) in [5.41, 5.74) is 1.63. The Morgan fingerprint density at radius 3 is 2.58 bits per heavy atom. The van der Waals surface area contributed by atoms with Crippen LogP contribution >= 0.6 is 0 Å². The normalized spacial score (nSPS) is 13.6. The summed E-state index contributed by atoms with van der Waals surface area (Å²) >= 11 is 0. The van der Waals surface area contributed by atoms with E-state index < -0.39 is 23.0 Å². The number of dihydropyridines is 1. The van der Waals surface area contributed by atoms with Gasteiger partial charge < -0.3 is 25.3 Å². The number of allylic oxidation sites excluding steroid dienone is 3. The molecule has 11 nitrogen and oxygen atoms in total. The van der Waals surface area contributed by atoms with Gasteiger partial charge in [0.05, 0.1) is 23.4 Å². The number of rotatable bonds is 8. The van der Waals surface area contributed by atoms with Gasteiger partial charge in [-0.15, -0.1) is 0 Å². The van der Waals surface area contributed by atoms with Crippen molar-refractivity contribution < 1.29 is 13.9 Å². The summed E-state index contributed by atoms with van der Waals surface area (Å²) in [5, 5.41) is 13.4. The lowest BCUT2D eigenvalue weighted by atomic mass is 10.1. The summed E-state index contributed by atoms with van der Waals surface area (Å²) in [6.07, 6.45) is 11.1. The van der Waals surface area contributed by atoms with Crippen molar-refractivity contribution in [3.8, 4) is 11.4 Å². The third-order valence-corrected chi connectivity index (χ3v) is 6.66. The summed E-state index contributed by atoms with van der Waals surface area (Å²) in [4.78, 5) is 43.8. The van der Waals surface area contributed by atoms with E-state index in [1.165, 1.54) is 22.9 Å². The van der Waals surface area contributed by atoms with E-state index in [-0.39, 0.29) is 17.8 Å². The highest BCUT2D eigenvalue weighted by Crippen LogP contribution is 2.29. The van der Waals surface area contributed by atoms with Crippen LogP contribution < -0.4 is 26.6 Å². The summed E-state index contributed by atoms with van der Waals surface area (Å²) in [6, 6.07) is 9.87. The number of amides is 1. The van der Waals surface area contributed by atoms with Crippen LogP contribution in [0.2, 0.25) is 0 Å². The topological polar surface area (TPSA) is 136 Å². The van der Waals surface area contributed by atoms with E-state index in [0.717, 1.165) is 34.2 Å². The van der Waals surface area contributed by atoms with E-state index in [2.05, 4.69) is 15.6 Å². The molecule has 0 aliphatic carbocycles. The second-order valence-electron chi connectivity index (χ2n) is 9.69. The van der Waals surface area contributed by atoms with Crippen molar-refractivity contribution in [2.45, 2.75) is 20.4 Å². The second-order valence-corrected chi connectivity index (χ2v) is 9.69. The molecule has 0 atom stereocenters. The molecule has 43 heavy (non-hydrogen) atoms. The first kappa shape index (κ1) is 28.7.